The number of hydrogen-bond acceptors (Lipinski definition) is 6. The van der Waals surface area contributed by atoms with Crippen LogP contribution in [0.5, 0.6) is 5.88 Å². The third-order valence-corrected chi connectivity index (χ3v) is 6.78. The van der Waals surface area contributed by atoms with E-state index in [9.17, 15) is 14.7 Å². The van der Waals surface area contributed by atoms with Crippen LogP contribution >= 0.6 is 23.4 Å². The molecular formula is C23H22ClN3O4S. The van der Waals surface area contributed by atoms with Gasteiger partial charge in [0, 0.05) is 41.9 Å². The lowest BCUT2D eigenvalue weighted by Gasteiger charge is -2.17. The average molecular weight is 472 g/mol. The van der Waals surface area contributed by atoms with Gasteiger partial charge < -0.3 is 9.84 Å². The lowest BCUT2D eigenvalue weighted by molar-refractivity contribution is 0.188. The molecule has 32 heavy (non-hydrogen) atoms. The third kappa shape index (κ3) is 4.67. The van der Waals surface area contributed by atoms with Gasteiger partial charge in [0.25, 0.3) is 5.56 Å². The van der Waals surface area contributed by atoms with E-state index in [0.29, 0.717) is 35.9 Å². The zero-order valence-electron chi connectivity index (χ0n) is 17.4. The van der Waals surface area contributed by atoms with Crippen LogP contribution in [0.15, 0.2) is 68.0 Å². The molecule has 0 aliphatic carbocycles. The molecule has 1 aliphatic rings. The topological polar surface area (TPSA) is 96.7 Å². The second-order valence-corrected chi connectivity index (χ2v) is 9.03. The second-order valence-electron chi connectivity index (χ2n) is 7.34. The molecule has 1 atom stereocenters. The van der Waals surface area contributed by atoms with Crippen LogP contribution in [-0.2, 0) is 11.3 Å². The van der Waals surface area contributed by atoms with Gasteiger partial charge in [-0.15, -0.1) is 11.8 Å². The summed E-state index contributed by atoms with van der Waals surface area (Å²) < 4.78 is 6.19. The van der Waals surface area contributed by atoms with Gasteiger partial charge in [0.1, 0.15) is 5.56 Å². The van der Waals surface area contributed by atoms with E-state index in [2.05, 4.69) is 4.98 Å². The highest BCUT2D eigenvalue weighted by Gasteiger charge is 2.27. The first-order valence-corrected chi connectivity index (χ1v) is 11.4. The van der Waals surface area contributed by atoms with E-state index in [1.807, 2.05) is 48.5 Å². The fraction of sp³-hybridized carbons (Fsp3) is 0.261. The summed E-state index contributed by atoms with van der Waals surface area (Å²) in [5.41, 5.74) is 0.840. The molecule has 0 spiro atoms. The number of rotatable bonds is 6. The monoisotopic (exact) mass is 471 g/mol. The quantitative estimate of drug-likeness (QED) is 0.523. The maximum Gasteiger partial charge on any atom is 0.331 e. The second kappa shape index (κ2) is 9.77. The Hall–Kier alpha value is -2.81. The molecule has 2 aromatic carbocycles. The normalized spacial score (nSPS) is 15.7. The summed E-state index contributed by atoms with van der Waals surface area (Å²) in [6, 6.07) is 15.2. The smallest absolute Gasteiger partial charge is 0.331 e. The number of hydrogen-bond donors (Lipinski definition) is 2. The SMILES string of the molecule is COCCCn1c(O)c(C2=Nc3ccccc3S[C@H](c3ccc(Cl)cc3)C2)c(=O)[nH]c1=O. The molecule has 0 radical (unpaired) electrons. The van der Waals surface area contributed by atoms with Crippen LogP contribution in [0.1, 0.15) is 29.2 Å². The Kier molecular flexibility index (Phi) is 6.83. The van der Waals surface area contributed by atoms with E-state index in [1.54, 1.807) is 18.9 Å². The first-order valence-electron chi connectivity index (χ1n) is 10.1. The molecule has 3 aromatic rings. The van der Waals surface area contributed by atoms with E-state index in [-0.39, 0.29) is 23.2 Å². The molecule has 1 aromatic heterocycles. The van der Waals surface area contributed by atoms with E-state index in [4.69, 9.17) is 21.3 Å². The summed E-state index contributed by atoms with van der Waals surface area (Å²) in [7, 11) is 1.56. The standard InChI is InChI=1S/C23H22ClN3O4S/c1-31-12-4-11-27-22(29)20(21(28)26-23(27)30)17-13-19(14-7-9-15(24)10-8-14)32-18-6-3-2-5-16(18)25-17/h2-3,5-10,19,29H,4,11-13H2,1H3,(H,26,28,30)/t19-/m0/s1. The number of nitrogens with one attached hydrogen (secondary N) is 1. The van der Waals surface area contributed by atoms with Crippen molar-refractivity contribution in [2.45, 2.75) is 29.5 Å². The van der Waals surface area contributed by atoms with Crippen molar-refractivity contribution in [1.29, 1.82) is 0 Å². The van der Waals surface area contributed by atoms with E-state index in [1.165, 1.54) is 0 Å². The van der Waals surface area contributed by atoms with Gasteiger partial charge >= 0.3 is 5.69 Å². The van der Waals surface area contributed by atoms with Crippen LogP contribution in [0.25, 0.3) is 0 Å². The molecule has 0 saturated carbocycles. The van der Waals surface area contributed by atoms with Gasteiger partial charge in [0.2, 0.25) is 5.88 Å². The minimum Gasteiger partial charge on any atom is -0.494 e. The number of ether oxygens (including phenoxy) is 1. The molecule has 166 valence electrons. The molecule has 2 heterocycles. The van der Waals surface area contributed by atoms with Crippen LogP contribution in [0.4, 0.5) is 5.69 Å². The number of para-hydroxylation sites is 1. The summed E-state index contributed by atoms with van der Waals surface area (Å²) in [5.74, 6) is -0.382. The Balaban J connectivity index is 1.83. The first kappa shape index (κ1) is 22.4. The molecule has 7 nitrogen and oxygen atoms in total. The minimum atomic E-state index is -0.661. The van der Waals surface area contributed by atoms with E-state index < -0.39 is 11.2 Å². The molecule has 4 rings (SSSR count). The summed E-state index contributed by atoms with van der Waals surface area (Å²) in [6.07, 6.45) is 0.891. The minimum absolute atomic E-state index is 0.0123. The van der Waals surface area contributed by atoms with Crippen LogP contribution in [0, 0.1) is 0 Å². The molecule has 0 fully saturated rings. The molecule has 0 amide bonds. The predicted octanol–water partition coefficient (Wildman–Crippen LogP) is 4.29. The number of nitrogens with zero attached hydrogens (tertiary/aromatic N) is 2. The van der Waals surface area contributed by atoms with Gasteiger partial charge in [-0.25, -0.2) is 4.79 Å². The molecule has 9 heteroatoms. The van der Waals surface area contributed by atoms with Crippen LogP contribution in [0.2, 0.25) is 5.02 Å². The number of methoxy groups -OCH3 is 1. The van der Waals surface area contributed by atoms with E-state index in [0.717, 1.165) is 15.0 Å². The Morgan fingerprint density at radius 1 is 1.22 bits per heavy atom. The Bertz CT molecular complexity index is 1270. The van der Waals surface area contributed by atoms with Crippen LogP contribution in [-0.4, -0.2) is 34.1 Å². The Labute approximate surface area is 193 Å². The highest BCUT2D eigenvalue weighted by atomic mass is 35.5. The number of aromatic nitrogens is 2. The van der Waals surface area contributed by atoms with Gasteiger partial charge in [0.05, 0.1) is 11.4 Å². The van der Waals surface area contributed by atoms with Gasteiger partial charge in [-0.2, -0.15) is 0 Å². The lowest BCUT2D eigenvalue weighted by atomic mass is 10.0. The van der Waals surface area contributed by atoms with Crippen LogP contribution < -0.4 is 11.2 Å². The number of halogens is 1. The van der Waals surface area contributed by atoms with Crippen molar-refractivity contribution in [2.24, 2.45) is 4.99 Å². The predicted molar refractivity (Wildman–Crippen MR) is 127 cm³/mol. The number of thioether (sulfide) groups is 1. The van der Waals surface area contributed by atoms with Gasteiger partial charge in [-0.05, 0) is 36.2 Å². The molecule has 1 aliphatic heterocycles. The maximum atomic E-state index is 12.8. The number of aromatic hydroxyl groups is 1. The largest absolute Gasteiger partial charge is 0.494 e. The average Bonchev–Trinajstić information content (AvgIpc) is 2.96. The lowest BCUT2D eigenvalue weighted by Crippen LogP contribution is -2.34. The fourth-order valence-electron chi connectivity index (χ4n) is 3.63. The number of H-pyrrole nitrogens is 1. The summed E-state index contributed by atoms with van der Waals surface area (Å²) >= 11 is 7.70. The number of aromatic amines is 1. The number of fused-ring (bicyclic) bond motifs is 1. The number of aliphatic imine (C=N–C) groups is 1. The summed E-state index contributed by atoms with van der Waals surface area (Å²) in [4.78, 5) is 33.2. The third-order valence-electron chi connectivity index (χ3n) is 5.20. The Morgan fingerprint density at radius 3 is 2.72 bits per heavy atom. The summed E-state index contributed by atoms with van der Waals surface area (Å²) in [6.45, 7) is 0.630. The molecule has 0 bridgehead atoms. The molecule has 2 N–H and O–H groups in total. The van der Waals surface area contributed by atoms with Crippen molar-refractivity contribution in [1.82, 2.24) is 9.55 Å². The zero-order chi connectivity index (χ0) is 22.7. The van der Waals surface area contributed by atoms with Crippen LogP contribution in [0.3, 0.4) is 0 Å². The highest BCUT2D eigenvalue weighted by Crippen LogP contribution is 2.45. The first-order chi connectivity index (χ1) is 15.5. The van der Waals surface area contributed by atoms with Gasteiger partial charge in [-0.3, -0.25) is 19.3 Å². The van der Waals surface area contributed by atoms with Crippen molar-refractivity contribution >= 4 is 34.8 Å². The fourth-order valence-corrected chi connectivity index (χ4v) is 4.98. The molecule has 0 unspecified atom stereocenters. The van der Waals surface area contributed by atoms with Gasteiger partial charge in [0.15, 0.2) is 0 Å². The van der Waals surface area contributed by atoms with Crippen molar-refractivity contribution in [3.63, 3.8) is 0 Å². The van der Waals surface area contributed by atoms with Crippen molar-refractivity contribution < 1.29 is 9.84 Å². The van der Waals surface area contributed by atoms with Gasteiger partial charge in [-0.1, -0.05) is 35.9 Å². The van der Waals surface area contributed by atoms with Crippen molar-refractivity contribution in [3.8, 4) is 5.88 Å². The maximum absolute atomic E-state index is 12.8. The molecule has 0 saturated heterocycles. The number of benzene rings is 2. The van der Waals surface area contributed by atoms with Crippen molar-refractivity contribution in [3.05, 3.63) is 85.5 Å². The molecular weight excluding hydrogens is 450 g/mol. The highest BCUT2D eigenvalue weighted by molar-refractivity contribution is 7.99. The zero-order valence-corrected chi connectivity index (χ0v) is 18.9. The summed E-state index contributed by atoms with van der Waals surface area (Å²) in [5, 5.41) is 11.5. The van der Waals surface area contributed by atoms with E-state index >= 15 is 0 Å². The van der Waals surface area contributed by atoms with Crippen molar-refractivity contribution in [2.75, 3.05) is 13.7 Å². The Morgan fingerprint density at radius 2 is 1.97 bits per heavy atom.